The first-order valence-electron chi connectivity index (χ1n) is 15.8. The minimum absolute atomic E-state index is 0.0401. The Morgan fingerprint density at radius 1 is 0.949 bits per heavy atom. The van der Waals surface area contributed by atoms with E-state index in [1.165, 1.54) is 25.7 Å². The van der Waals surface area contributed by atoms with Gasteiger partial charge in [-0.1, -0.05) is 58.1 Å². The Labute approximate surface area is 237 Å². The maximum absolute atomic E-state index is 13.9. The number of amides is 1. The number of nitrogens with one attached hydrogen (secondary N) is 1. The molecule has 216 valence electrons. The number of carbonyl (C=O) groups excluding carboxylic acids is 2. The fourth-order valence-electron chi connectivity index (χ4n) is 11.4. The Kier molecular flexibility index (Phi) is 7.29. The third-order valence-corrected chi connectivity index (χ3v) is 13.4. The molecule has 0 bridgehead atoms. The first-order valence-corrected chi connectivity index (χ1v) is 15.8. The molecule has 4 nitrogen and oxygen atoms in total. The minimum Gasteiger partial charge on any atom is -0.460 e. The van der Waals surface area contributed by atoms with Crippen molar-refractivity contribution in [2.75, 3.05) is 6.61 Å². The lowest BCUT2D eigenvalue weighted by Crippen LogP contribution is -2.66. The number of hydrogen-bond donors (Lipinski definition) is 1. The van der Waals surface area contributed by atoms with Crippen LogP contribution in [0.2, 0.25) is 0 Å². The summed E-state index contributed by atoms with van der Waals surface area (Å²) < 4.78 is 6.06. The zero-order chi connectivity index (χ0) is 28.3. The molecular formula is C35H53NO3. The molecule has 5 aliphatic rings. The van der Waals surface area contributed by atoms with E-state index in [-0.39, 0.29) is 39.1 Å². The summed E-state index contributed by atoms with van der Waals surface area (Å²) in [7, 11) is 0. The molecule has 8 atom stereocenters. The van der Waals surface area contributed by atoms with Gasteiger partial charge >= 0.3 is 5.97 Å². The first-order chi connectivity index (χ1) is 18.4. The van der Waals surface area contributed by atoms with Gasteiger partial charge in [-0.15, -0.1) is 0 Å². The standard InChI is InChI=1S/C35H53NO3/c1-8-10-12-24(9-2)23-39-30(38)35-18-11-13-26(35)25-14-15-28-32(5)19-17-29(37)36-31(3,4)27(32)16-20-34(28,7)33(25,6)21-22-35/h8-10,12,25-28H,2,11,13-23H2,1,3-7H3,(H,36,37)/b10-8-,24-12+/t25?,26-,27?,28?,32?,33-,34?,35?/m1/s1. The summed E-state index contributed by atoms with van der Waals surface area (Å²) in [4.78, 5) is 26.6. The van der Waals surface area contributed by atoms with Crippen molar-refractivity contribution in [2.45, 2.75) is 118 Å². The molecule has 4 heteroatoms. The van der Waals surface area contributed by atoms with Gasteiger partial charge in [-0.05, 0) is 124 Å². The molecule has 1 N–H and O–H groups in total. The predicted octanol–water partition coefficient (Wildman–Crippen LogP) is 7.94. The van der Waals surface area contributed by atoms with Crippen molar-refractivity contribution < 1.29 is 14.3 Å². The smallest absolute Gasteiger partial charge is 0.312 e. The van der Waals surface area contributed by atoms with Crippen LogP contribution in [0.15, 0.2) is 36.5 Å². The van der Waals surface area contributed by atoms with Gasteiger partial charge in [0.25, 0.3) is 0 Å². The summed E-state index contributed by atoms with van der Waals surface area (Å²) in [5, 5.41) is 3.40. The molecule has 1 heterocycles. The third-order valence-electron chi connectivity index (χ3n) is 13.4. The van der Waals surface area contributed by atoms with Gasteiger partial charge in [0.2, 0.25) is 5.91 Å². The summed E-state index contributed by atoms with van der Waals surface area (Å²) in [6.07, 6.45) is 19.6. The van der Waals surface area contributed by atoms with E-state index in [2.05, 4.69) is 46.5 Å². The molecular weight excluding hydrogens is 482 g/mol. The second kappa shape index (κ2) is 9.91. The molecule has 4 saturated carbocycles. The molecule has 0 radical (unpaired) electrons. The Bertz CT molecular complexity index is 1070. The molecule has 5 rings (SSSR count). The van der Waals surface area contributed by atoms with Crippen molar-refractivity contribution in [1.82, 2.24) is 5.32 Å². The normalized spacial score (nSPS) is 45.3. The lowest BCUT2D eigenvalue weighted by atomic mass is 9.34. The van der Waals surface area contributed by atoms with E-state index in [4.69, 9.17) is 4.74 Å². The number of carbonyl (C=O) groups is 2. The van der Waals surface area contributed by atoms with E-state index in [0.29, 0.717) is 36.7 Å². The number of fused-ring (bicyclic) bond motifs is 7. The summed E-state index contributed by atoms with van der Waals surface area (Å²) in [5.74, 6) is 2.38. The van der Waals surface area contributed by atoms with Crippen LogP contribution in [0.4, 0.5) is 0 Å². The van der Waals surface area contributed by atoms with Gasteiger partial charge in [0, 0.05) is 12.0 Å². The fourth-order valence-corrected chi connectivity index (χ4v) is 11.4. The topological polar surface area (TPSA) is 55.4 Å². The summed E-state index contributed by atoms with van der Waals surface area (Å²) >= 11 is 0. The maximum atomic E-state index is 13.9. The Morgan fingerprint density at radius 2 is 1.72 bits per heavy atom. The molecule has 5 fully saturated rings. The van der Waals surface area contributed by atoms with Gasteiger partial charge in [0.15, 0.2) is 0 Å². The van der Waals surface area contributed by atoms with Crippen LogP contribution in [-0.2, 0) is 14.3 Å². The van der Waals surface area contributed by atoms with Crippen molar-refractivity contribution >= 4 is 11.9 Å². The van der Waals surface area contributed by atoms with Crippen LogP contribution in [0.3, 0.4) is 0 Å². The van der Waals surface area contributed by atoms with E-state index < -0.39 is 0 Å². The average Bonchev–Trinajstić information content (AvgIpc) is 3.29. The average molecular weight is 536 g/mol. The van der Waals surface area contributed by atoms with Crippen molar-refractivity contribution in [3.8, 4) is 0 Å². The highest BCUT2D eigenvalue weighted by molar-refractivity contribution is 5.78. The number of rotatable bonds is 5. The fraction of sp³-hybridized carbons (Fsp3) is 0.771. The lowest BCUT2D eigenvalue weighted by Gasteiger charge is -2.71. The van der Waals surface area contributed by atoms with E-state index in [0.717, 1.165) is 44.1 Å². The zero-order valence-corrected chi connectivity index (χ0v) is 25.5. The van der Waals surface area contributed by atoms with Crippen LogP contribution < -0.4 is 5.32 Å². The first kappa shape index (κ1) is 28.7. The molecule has 0 aromatic heterocycles. The molecule has 39 heavy (non-hydrogen) atoms. The SMILES string of the molecule is C=C/C(=C\C=C/C)COC(=O)C12CCC[C@@H]1C1CCC3C4(C)CCC(=O)NC(C)(C)C4CCC3(C)[C@]1(C)CC2. The Morgan fingerprint density at radius 3 is 2.44 bits per heavy atom. The second-order valence-corrected chi connectivity index (χ2v) is 15.1. The van der Waals surface area contributed by atoms with Gasteiger partial charge in [-0.2, -0.15) is 0 Å². The van der Waals surface area contributed by atoms with E-state index in [9.17, 15) is 9.59 Å². The number of hydrogen-bond acceptors (Lipinski definition) is 3. The van der Waals surface area contributed by atoms with Gasteiger partial charge in [0.05, 0.1) is 5.41 Å². The number of esters is 1. The van der Waals surface area contributed by atoms with Crippen LogP contribution in [0, 0.1) is 45.3 Å². The summed E-state index contributed by atoms with van der Waals surface area (Å²) in [6, 6.07) is 0. The highest BCUT2D eigenvalue weighted by Gasteiger charge is 2.70. The molecule has 6 unspecified atom stereocenters. The number of allylic oxidation sites excluding steroid dienone is 3. The van der Waals surface area contributed by atoms with Crippen molar-refractivity contribution in [3.63, 3.8) is 0 Å². The molecule has 1 amide bonds. The van der Waals surface area contributed by atoms with Crippen molar-refractivity contribution in [3.05, 3.63) is 36.5 Å². The quantitative estimate of drug-likeness (QED) is 0.287. The van der Waals surface area contributed by atoms with Crippen LogP contribution in [0.25, 0.3) is 0 Å². The number of ether oxygens (including phenoxy) is 1. The molecule has 1 aliphatic heterocycles. The lowest BCUT2D eigenvalue weighted by molar-refractivity contribution is -0.224. The van der Waals surface area contributed by atoms with Crippen LogP contribution in [0.1, 0.15) is 112 Å². The van der Waals surface area contributed by atoms with Crippen LogP contribution in [0.5, 0.6) is 0 Å². The van der Waals surface area contributed by atoms with Gasteiger partial charge < -0.3 is 10.1 Å². The monoisotopic (exact) mass is 535 g/mol. The molecule has 4 aliphatic carbocycles. The Hall–Kier alpha value is -1.84. The van der Waals surface area contributed by atoms with E-state index in [1.807, 2.05) is 25.2 Å². The van der Waals surface area contributed by atoms with Crippen LogP contribution in [-0.4, -0.2) is 24.0 Å². The third kappa shape index (κ3) is 4.21. The minimum atomic E-state index is -0.317. The van der Waals surface area contributed by atoms with Gasteiger partial charge in [-0.3, -0.25) is 9.59 Å². The summed E-state index contributed by atoms with van der Waals surface area (Å²) in [6.45, 7) is 18.5. The van der Waals surface area contributed by atoms with Crippen molar-refractivity contribution in [2.24, 2.45) is 45.3 Å². The van der Waals surface area contributed by atoms with Gasteiger partial charge in [0.1, 0.15) is 6.61 Å². The molecule has 0 aromatic carbocycles. The van der Waals surface area contributed by atoms with E-state index in [1.54, 1.807) is 6.08 Å². The maximum Gasteiger partial charge on any atom is 0.312 e. The summed E-state index contributed by atoms with van der Waals surface area (Å²) in [5.41, 5.74) is 1.08. The zero-order valence-electron chi connectivity index (χ0n) is 25.5. The van der Waals surface area contributed by atoms with Crippen molar-refractivity contribution in [1.29, 1.82) is 0 Å². The largest absolute Gasteiger partial charge is 0.460 e. The molecule has 0 spiro atoms. The van der Waals surface area contributed by atoms with Gasteiger partial charge in [-0.25, -0.2) is 0 Å². The highest BCUT2D eigenvalue weighted by Crippen LogP contribution is 2.75. The second-order valence-electron chi connectivity index (χ2n) is 15.1. The molecule has 0 aromatic rings. The predicted molar refractivity (Wildman–Crippen MR) is 158 cm³/mol. The van der Waals surface area contributed by atoms with E-state index >= 15 is 0 Å². The Balaban J connectivity index is 1.42. The molecule has 1 saturated heterocycles. The van der Waals surface area contributed by atoms with Crippen LogP contribution >= 0.6 is 0 Å². The highest BCUT2D eigenvalue weighted by atomic mass is 16.5.